The number of amides is 1. The van der Waals surface area contributed by atoms with Crippen LogP contribution in [0.1, 0.15) is 33.7 Å². The van der Waals surface area contributed by atoms with Crippen molar-refractivity contribution in [2.45, 2.75) is 32.9 Å². The molecule has 0 N–H and O–H groups in total. The normalized spacial score (nSPS) is 17.4. The average Bonchev–Trinajstić information content (AvgIpc) is 3.12. The Morgan fingerprint density at radius 3 is 2.44 bits per heavy atom. The van der Waals surface area contributed by atoms with Crippen molar-refractivity contribution in [1.82, 2.24) is 4.90 Å². The number of nitrogens with zero attached hydrogens (tertiary/aromatic N) is 1. The van der Waals surface area contributed by atoms with Gasteiger partial charge in [0.25, 0.3) is 5.91 Å². The molecular formula is C24H25NO6S. The molecule has 0 spiro atoms. The average molecular weight is 456 g/mol. The molecule has 1 amide bonds. The molecule has 0 bridgehead atoms. The number of fused-ring (bicyclic) bond motifs is 1. The summed E-state index contributed by atoms with van der Waals surface area (Å²) in [7, 11) is -1.65. The molecule has 3 aromatic rings. The first-order chi connectivity index (χ1) is 15.2. The summed E-state index contributed by atoms with van der Waals surface area (Å²) in [4.78, 5) is 27.7. The largest absolute Gasteiger partial charge is 0.497 e. The van der Waals surface area contributed by atoms with E-state index in [1.54, 1.807) is 31.4 Å². The molecule has 0 aliphatic carbocycles. The maximum Gasteiger partial charge on any atom is 0.290 e. The first-order valence-electron chi connectivity index (χ1n) is 10.4. The number of aryl methyl sites for hydroxylation is 2. The molecule has 1 atom stereocenters. The van der Waals surface area contributed by atoms with Gasteiger partial charge in [-0.2, -0.15) is 0 Å². The van der Waals surface area contributed by atoms with E-state index < -0.39 is 21.8 Å². The minimum Gasteiger partial charge on any atom is -0.497 e. The number of rotatable bonds is 5. The molecule has 1 fully saturated rings. The third-order valence-corrected chi connectivity index (χ3v) is 7.73. The van der Waals surface area contributed by atoms with Gasteiger partial charge in [0, 0.05) is 18.7 Å². The lowest BCUT2D eigenvalue weighted by molar-refractivity contribution is 0.0648. The van der Waals surface area contributed by atoms with Crippen LogP contribution in [0.3, 0.4) is 0 Å². The maximum atomic E-state index is 13.5. The highest BCUT2D eigenvalue weighted by atomic mass is 32.2. The van der Waals surface area contributed by atoms with Gasteiger partial charge in [-0.15, -0.1) is 0 Å². The van der Waals surface area contributed by atoms with E-state index in [4.69, 9.17) is 9.15 Å². The van der Waals surface area contributed by atoms with Gasteiger partial charge in [-0.05, 0) is 61.2 Å². The van der Waals surface area contributed by atoms with Crippen molar-refractivity contribution >= 4 is 26.7 Å². The molecule has 2 heterocycles. The zero-order chi connectivity index (χ0) is 23.0. The summed E-state index contributed by atoms with van der Waals surface area (Å²) in [6, 6.07) is 11.4. The fourth-order valence-electron chi connectivity index (χ4n) is 3.97. The van der Waals surface area contributed by atoms with Crippen molar-refractivity contribution in [3.63, 3.8) is 0 Å². The molecule has 4 rings (SSSR count). The second kappa shape index (κ2) is 8.43. The minimum atomic E-state index is -3.22. The lowest BCUT2D eigenvalue weighted by Crippen LogP contribution is -2.40. The fraction of sp³-hybridized carbons (Fsp3) is 0.333. The van der Waals surface area contributed by atoms with E-state index in [2.05, 4.69) is 0 Å². The SMILES string of the molecule is COc1ccc(CN(C(=O)c2cc(=O)c3cc(C)c(C)cc3o2)[C@@H]2CCS(=O)(=O)C2)cc1. The summed E-state index contributed by atoms with van der Waals surface area (Å²) >= 11 is 0. The van der Waals surface area contributed by atoms with Crippen molar-refractivity contribution in [3.05, 3.63) is 75.1 Å². The Labute approximate surface area is 186 Å². The monoisotopic (exact) mass is 455 g/mol. The Morgan fingerprint density at radius 2 is 1.81 bits per heavy atom. The standard InChI is InChI=1S/C24H25NO6S/c1-15-10-20-21(26)12-23(31-22(20)11-16(15)2)24(27)25(18-8-9-32(28,29)14-18)13-17-4-6-19(30-3)7-5-17/h4-7,10-12,18H,8-9,13-14H2,1-3H3/t18-/m1/s1. The maximum absolute atomic E-state index is 13.5. The summed E-state index contributed by atoms with van der Waals surface area (Å²) in [5, 5.41) is 0.412. The lowest BCUT2D eigenvalue weighted by atomic mass is 10.1. The molecule has 0 saturated carbocycles. The Kier molecular flexibility index (Phi) is 5.81. The first-order valence-corrected chi connectivity index (χ1v) is 12.2. The van der Waals surface area contributed by atoms with Crippen LogP contribution in [0.25, 0.3) is 11.0 Å². The summed E-state index contributed by atoms with van der Waals surface area (Å²) in [5.41, 5.74) is 2.76. The van der Waals surface area contributed by atoms with Crippen LogP contribution in [0.2, 0.25) is 0 Å². The van der Waals surface area contributed by atoms with E-state index in [0.717, 1.165) is 16.7 Å². The predicted octanol–water partition coefficient (Wildman–Crippen LogP) is 3.25. The van der Waals surface area contributed by atoms with Crippen LogP contribution in [0.15, 0.2) is 51.7 Å². The number of carbonyl (C=O) groups is 1. The molecule has 32 heavy (non-hydrogen) atoms. The zero-order valence-electron chi connectivity index (χ0n) is 18.3. The van der Waals surface area contributed by atoms with E-state index >= 15 is 0 Å². The van der Waals surface area contributed by atoms with Gasteiger partial charge in [-0.1, -0.05) is 12.1 Å². The van der Waals surface area contributed by atoms with Gasteiger partial charge in [0.1, 0.15) is 11.3 Å². The highest BCUT2D eigenvalue weighted by Crippen LogP contribution is 2.25. The van der Waals surface area contributed by atoms with Crippen LogP contribution in [0.4, 0.5) is 0 Å². The quantitative estimate of drug-likeness (QED) is 0.586. The molecule has 0 unspecified atom stereocenters. The van der Waals surface area contributed by atoms with Gasteiger partial charge < -0.3 is 14.1 Å². The highest BCUT2D eigenvalue weighted by Gasteiger charge is 2.36. The van der Waals surface area contributed by atoms with Crippen LogP contribution in [0, 0.1) is 13.8 Å². The van der Waals surface area contributed by atoms with Crippen molar-refractivity contribution in [1.29, 1.82) is 0 Å². The predicted molar refractivity (Wildman–Crippen MR) is 122 cm³/mol. The highest BCUT2D eigenvalue weighted by molar-refractivity contribution is 7.91. The molecule has 8 heteroatoms. The molecule has 168 valence electrons. The molecule has 1 aliphatic rings. The summed E-state index contributed by atoms with van der Waals surface area (Å²) in [6.07, 6.45) is 0.348. The topological polar surface area (TPSA) is 93.9 Å². The van der Waals surface area contributed by atoms with Crippen LogP contribution >= 0.6 is 0 Å². The number of ether oxygens (including phenoxy) is 1. The number of hydrogen-bond acceptors (Lipinski definition) is 6. The van der Waals surface area contributed by atoms with Gasteiger partial charge in [0.2, 0.25) is 0 Å². The Hall–Kier alpha value is -3.13. The number of methoxy groups -OCH3 is 1. The Morgan fingerprint density at radius 1 is 1.12 bits per heavy atom. The second-order valence-electron chi connectivity index (χ2n) is 8.25. The third-order valence-electron chi connectivity index (χ3n) is 5.98. The summed E-state index contributed by atoms with van der Waals surface area (Å²) < 4.78 is 35.2. The minimum absolute atomic E-state index is 0.0319. The summed E-state index contributed by atoms with van der Waals surface area (Å²) in [5.74, 6) is 0.0137. The Balaban J connectivity index is 1.73. The third kappa shape index (κ3) is 4.41. The van der Waals surface area contributed by atoms with E-state index in [1.807, 2.05) is 26.0 Å². The number of benzene rings is 2. The number of sulfone groups is 1. The second-order valence-corrected chi connectivity index (χ2v) is 10.5. The van der Waals surface area contributed by atoms with Crippen LogP contribution in [-0.4, -0.2) is 43.9 Å². The van der Waals surface area contributed by atoms with E-state index in [1.165, 1.54) is 11.0 Å². The van der Waals surface area contributed by atoms with Crippen molar-refractivity contribution in [3.8, 4) is 5.75 Å². The molecule has 7 nitrogen and oxygen atoms in total. The van der Waals surface area contributed by atoms with Crippen LogP contribution in [0.5, 0.6) is 5.75 Å². The van der Waals surface area contributed by atoms with Crippen molar-refractivity contribution < 1.29 is 22.4 Å². The summed E-state index contributed by atoms with van der Waals surface area (Å²) in [6.45, 7) is 4.00. The molecule has 0 radical (unpaired) electrons. The molecule has 1 aromatic heterocycles. The molecular weight excluding hydrogens is 430 g/mol. The van der Waals surface area contributed by atoms with E-state index in [-0.39, 0.29) is 29.2 Å². The fourth-order valence-corrected chi connectivity index (χ4v) is 5.70. The molecule has 1 aliphatic heterocycles. The molecule has 2 aromatic carbocycles. The van der Waals surface area contributed by atoms with Gasteiger partial charge in [-0.3, -0.25) is 9.59 Å². The van der Waals surface area contributed by atoms with Gasteiger partial charge in [0.05, 0.1) is 24.0 Å². The van der Waals surface area contributed by atoms with Gasteiger partial charge in [0.15, 0.2) is 21.0 Å². The van der Waals surface area contributed by atoms with Crippen molar-refractivity contribution in [2.24, 2.45) is 0 Å². The van der Waals surface area contributed by atoms with Crippen molar-refractivity contribution in [2.75, 3.05) is 18.6 Å². The molecule has 1 saturated heterocycles. The van der Waals surface area contributed by atoms with Gasteiger partial charge >= 0.3 is 0 Å². The zero-order valence-corrected chi connectivity index (χ0v) is 19.1. The first kappa shape index (κ1) is 22.1. The Bertz CT molecular complexity index is 1340. The van der Waals surface area contributed by atoms with E-state index in [0.29, 0.717) is 23.1 Å². The lowest BCUT2D eigenvalue weighted by Gasteiger charge is -2.28. The number of hydrogen-bond donors (Lipinski definition) is 0. The van der Waals surface area contributed by atoms with E-state index in [9.17, 15) is 18.0 Å². The number of carbonyl (C=O) groups excluding carboxylic acids is 1. The smallest absolute Gasteiger partial charge is 0.290 e. The van der Waals surface area contributed by atoms with Gasteiger partial charge in [-0.25, -0.2) is 8.42 Å². The van der Waals surface area contributed by atoms with Crippen LogP contribution < -0.4 is 10.2 Å². The van der Waals surface area contributed by atoms with Crippen LogP contribution in [-0.2, 0) is 16.4 Å².